The van der Waals surface area contributed by atoms with Gasteiger partial charge in [-0.3, -0.25) is 0 Å². The van der Waals surface area contributed by atoms with E-state index in [9.17, 15) is 0 Å². The second-order valence-electron chi connectivity index (χ2n) is 5.78. The molecule has 1 fully saturated rings. The van der Waals surface area contributed by atoms with Crippen molar-refractivity contribution in [3.05, 3.63) is 23.8 Å². The second-order valence-corrected chi connectivity index (χ2v) is 7.53. The van der Waals surface area contributed by atoms with Crippen LogP contribution in [0, 0.1) is 5.41 Å². The van der Waals surface area contributed by atoms with Crippen LogP contribution in [0.1, 0.15) is 32.8 Å². The van der Waals surface area contributed by atoms with Crippen LogP contribution in [0.3, 0.4) is 0 Å². The molecule has 0 atom stereocenters. The van der Waals surface area contributed by atoms with Crippen LogP contribution in [0.15, 0.2) is 23.1 Å². The number of anilines is 1. The number of benzene rings is 1. The third-order valence-corrected chi connectivity index (χ3v) is 4.71. The van der Waals surface area contributed by atoms with Crippen molar-refractivity contribution in [1.29, 1.82) is 0 Å². The van der Waals surface area contributed by atoms with E-state index in [1.807, 2.05) is 11.8 Å². The Morgan fingerprint density at radius 3 is 2.74 bits per heavy atom. The zero-order chi connectivity index (χ0) is 14.0. The topological polar surface area (TPSA) is 29.3 Å². The molecule has 0 amide bonds. The standard InChI is InChI=1S/C15H22N2S2/c1-4-19-12-7-5-6-11(13(12)14(16)18)17-9-8-15(2,3)10-17/h5-7H,4,8-10H2,1-3H3,(H2,16,18). The second kappa shape index (κ2) is 5.71. The molecule has 2 N–H and O–H groups in total. The van der Waals surface area contributed by atoms with E-state index in [4.69, 9.17) is 18.0 Å². The van der Waals surface area contributed by atoms with Crippen molar-refractivity contribution >= 4 is 34.7 Å². The average molecular weight is 294 g/mol. The van der Waals surface area contributed by atoms with E-state index in [0.29, 0.717) is 10.4 Å². The van der Waals surface area contributed by atoms with Gasteiger partial charge >= 0.3 is 0 Å². The highest BCUT2D eigenvalue weighted by Gasteiger charge is 2.31. The first-order chi connectivity index (χ1) is 8.94. The lowest BCUT2D eigenvalue weighted by atomic mass is 9.93. The molecule has 1 aliphatic heterocycles. The Morgan fingerprint density at radius 2 is 2.21 bits per heavy atom. The minimum absolute atomic E-state index is 0.376. The molecule has 0 aliphatic carbocycles. The van der Waals surface area contributed by atoms with Gasteiger partial charge in [-0.1, -0.05) is 39.1 Å². The molecule has 1 heterocycles. The first-order valence-corrected chi connectivity index (χ1v) is 8.14. The van der Waals surface area contributed by atoms with Gasteiger partial charge in [-0.2, -0.15) is 0 Å². The van der Waals surface area contributed by atoms with E-state index < -0.39 is 0 Å². The van der Waals surface area contributed by atoms with Crippen molar-refractivity contribution < 1.29 is 0 Å². The number of nitrogens with two attached hydrogens (primary N) is 1. The molecule has 2 nitrogen and oxygen atoms in total. The van der Waals surface area contributed by atoms with Crippen LogP contribution >= 0.6 is 24.0 Å². The molecule has 104 valence electrons. The highest BCUT2D eigenvalue weighted by molar-refractivity contribution is 7.99. The SMILES string of the molecule is CCSc1cccc(N2CCC(C)(C)C2)c1C(N)=S. The molecule has 2 rings (SSSR count). The lowest BCUT2D eigenvalue weighted by Gasteiger charge is -2.25. The fourth-order valence-electron chi connectivity index (χ4n) is 2.62. The van der Waals surface area contributed by atoms with Crippen LogP contribution in [0.25, 0.3) is 0 Å². The van der Waals surface area contributed by atoms with Crippen molar-refractivity contribution in [2.24, 2.45) is 11.1 Å². The monoisotopic (exact) mass is 294 g/mol. The summed E-state index contributed by atoms with van der Waals surface area (Å²) in [5.41, 5.74) is 8.61. The number of hydrogen-bond donors (Lipinski definition) is 1. The Kier molecular flexibility index (Phi) is 4.41. The summed E-state index contributed by atoms with van der Waals surface area (Å²) < 4.78 is 0. The zero-order valence-electron chi connectivity index (χ0n) is 11.9. The molecular weight excluding hydrogens is 272 g/mol. The highest BCUT2D eigenvalue weighted by atomic mass is 32.2. The van der Waals surface area contributed by atoms with Gasteiger partial charge in [0.1, 0.15) is 4.99 Å². The molecule has 1 aromatic rings. The maximum absolute atomic E-state index is 5.97. The molecular formula is C15H22N2S2. The van der Waals surface area contributed by atoms with Crippen molar-refractivity contribution in [1.82, 2.24) is 0 Å². The van der Waals surface area contributed by atoms with Crippen LogP contribution < -0.4 is 10.6 Å². The Morgan fingerprint density at radius 1 is 1.47 bits per heavy atom. The largest absolute Gasteiger partial charge is 0.389 e. The summed E-state index contributed by atoms with van der Waals surface area (Å²) >= 11 is 7.09. The first kappa shape index (κ1) is 14.7. The van der Waals surface area contributed by atoms with E-state index >= 15 is 0 Å². The zero-order valence-corrected chi connectivity index (χ0v) is 13.5. The molecule has 0 spiro atoms. The average Bonchev–Trinajstić information content (AvgIpc) is 2.69. The van der Waals surface area contributed by atoms with Gasteiger partial charge in [0.05, 0.1) is 0 Å². The van der Waals surface area contributed by atoms with Gasteiger partial charge in [-0.05, 0) is 29.7 Å². The number of thiocarbonyl (C=S) groups is 1. The molecule has 0 aromatic heterocycles. The van der Waals surface area contributed by atoms with Crippen molar-refractivity contribution in [3.8, 4) is 0 Å². The van der Waals surface area contributed by atoms with E-state index in [2.05, 4.69) is 43.9 Å². The van der Waals surface area contributed by atoms with Gasteiger partial charge < -0.3 is 10.6 Å². The van der Waals surface area contributed by atoms with Crippen LogP contribution in [-0.2, 0) is 0 Å². The van der Waals surface area contributed by atoms with E-state index in [0.717, 1.165) is 24.4 Å². The molecule has 0 radical (unpaired) electrons. The summed E-state index contributed by atoms with van der Waals surface area (Å²) in [7, 11) is 0. The molecule has 0 unspecified atom stereocenters. The smallest absolute Gasteiger partial charge is 0.107 e. The fraction of sp³-hybridized carbons (Fsp3) is 0.533. The van der Waals surface area contributed by atoms with E-state index in [-0.39, 0.29) is 0 Å². The van der Waals surface area contributed by atoms with Crippen LogP contribution in [0.5, 0.6) is 0 Å². The van der Waals surface area contributed by atoms with E-state index in [1.165, 1.54) is 17.0 Å². The summed E-state index contributed by atoms with van der Waals surface area (Å²) in [6.45, 7) is 8.95. The van der Waals surface area contributed by atoms with Crippen molar-refractivity contribution in [2.45, 2.75) is 32.1 Å². The van der Waals surface area contributed by atoms with E-state index in [1.54, 1.807) is 0 Å². The number of nitrogens with zero attached hydrogens (tertiary/aromatic N) is 1. The Hall–Kier alpha value is -0.740. The molecule has 1 aliphatic rings. The summed E-state index contributed by atoms with van der Waals surface area (Å²) in [5.74, 6) is 1.03. The van der Waals surface area contributed by atoms with Crippen LogP contribution in [0.4, 0.5) is 5.69 Å². The summed E-state index contributed by atoms with van der Waals surface area (Å²) in [6.07, 6.45) is 1.22. The Bertz CT molecular complexity index is 483. The van der Waals surface area contributed by atoms with Gasteiger partial charge in [-0.15, -0.1) is 11.8 Å². The summed E-state index contributed by atoms with van der Waals surface area (Å²) in [5, 5.41) is 0. The van der Waals surface area contributed by atoms with Crippen LogP contribution in [0.2, 0.25) is 0 Å². The maximum Gasteiger partial charge on any atom is 0.107 e. The van der Waals surface area contributed by atoms with Gasteiger partial charge in [-0.25, -0.2) is 0 Å². The molecule has 4 heteroatoms. The third kappa shape index (κ3) is 3.23. The van der Waals surface area contributed by atoms with Gasteiger partial charge in [0, 0.05) is 29.2 Å². The summed E-state index contributed by atoms with van der Waals surface area (Å²) in [6, 6.07) is 6.38. The molecule has 0 bridgehead atoms. The van der Waals surface area contributed by atoms with Crippen molar-refractivity contribution in [3.63, 3.8) is 0 Å². The van der Waals surface area contributed by atoms with Gasteiger partial charge in [0.15, 0.2) is 0 Å². The summed E-state index contributed by atoms with van der Waals surface area (Å²) in [4.78, 5) is 4.14. The normalized spacial score (nSPS) is 17.7. The fourth-order valence-corrected chi connectivity index (χ4v) is 3.75. The quantitative estimate of drug-likeness (QED) is 0.678. The lowest BCUT2D eigenvalue weighted by molar-refractivity contribution is 0.418. The van der Waals surface area contributed by atoms with Crippen LogP contribution in [-0.4, -0.2) is 23.8 Å². The predicted octanol–water partition coefficient (Wildman–Crippen LogP) is 3.67. The predicted molar refractivity (Wildman–Crippen MR) is 89.3 cm³/mol. The number of hydrogen-bond acceptors (Lipinski definition) is 3. The molecule has 19 heavy (non-hydrogen) atoms. The molecule has 0 saturated carbocycles. The Balaban J connectivity index is 2.40. The number of thioether (sulfide) groups is 1. The maximum atomic E-state index is 5.97. The minimum atomic E-state index is 0.376. The number of rotatable bonds is 4. The highest BCUT2D eigenvalue weighted by Crippen LogP contribution is 2.37. The first-order valence-electron chi connectivity index (χ1n) is 6.75. The third-order valence-electron chi connectivity index (χ3n) is 3.57. The lowest BCUT2D eigenvalue weighted by Crippen LogP contribution is -2.26. The molecule has 1 aromatic carbocycles. The van der Waals surface area contributed by atoms with Crippen molar-refractivity contribution in [2.75, 3.05) is 23.7 Å². The van der Waals surface area contributed by atoms with Gasteiger partial charge in [0.2, 0.25) is 0 Å². The molecule has 1 saturated heterocycles. The van der Waals surface area contributed by atoms with Gasteiger partial charge in [0.25, 0.3) is 0 Å². The minimum Gasteiger partial charge on any atom is -0.389 e. The Labute approximate surface area is 125 Å².